The number of aliphatic hydroxyl groups excluding tert-OH is 1. The number of hydrogen-bond donors (Lipinski definition) is 1. The molecule has 1 aliphatic rings. The minimum atomic E-state index is -0.504. The van der Waals surface area contributed by atoms with Gasteiger partial charge in [0.2, 0.25) is 0 Å². The van der Waals surface area contributed by atoms with Gasteiger partial charge in [0, 0.05) is 0 Å². The molecule has 1 N–H and O–H groups in total. The molecule has 2 nitrogen and oxygen atoms in total. The maximum atomic E-state index is 10.3. The minimum Gasteiger partial charge on any atom is -0.465 e. The van der Waals surface area contributed by atoms with Crippen LogP contribution in [0.15, 0.2) is 32.9 Å². The molecule has 1 aromatic heterocycles. The lowest BCUT2D eigenvalue weighted by atomic mass is 9.80. The fourth-order valence-electron chi connectivity index (χ4n) is 2.57. The summed E-state index contributed by atoms with van der Waals surface area (Å²) in [5.41, 5.74) is 1.37. The second kappa shape index (κ2) is 4.76. The molecule has 0 saturated heterocycles. The zero-order chi connectivity index (χ0) is 11.7. The van der Waals surface area contributed by atoms with E-state index in [0.717, 1.165) is 17.3 Å². The van der Waals surface area contributed by atoms with Gasteiger partial charge >= 0.3 is 0 Å². The van der Waals surface area contributed by atoms with Crippen molar-refractivity contribution in [3.63, 3.8) is 0 Å². The highest BCUT2D eigenvalue weighted by atomic mass is 79.9. The average Bonchev–Trinajstić information content (AvgIpc) is 2.62. The predicted molar refractivity (Wildman–Crippen MR) is 67.0 cm³/mol. The largest absolute Gasteiger partial charge is 0.465 e. The molecule has 0 bridgehead atoms. The number of halogens is 1. The molecule has 16 heavy (non-hydrogen) atoms. The topological polar surface area (TPSA) is 33.4 Å². The van der Waals surface area contributed by atoms with Gasteiger partial charge < -0.3 is 9.52 Å². The van der Waals surface area contributed by atoms with Gasteiger partial charge in [-0.15, -0.1) is 0 Å². The summed E-state index contributed by atoms with van der Waals surface area (Å²) in [6, 6.07) is 1.83. The van der Waals surface area contributed by atoms with Gasteiger partial charge in [-0.2, -0.15) is 0 Å². The van der Waals surface area contributed by atoms with E-state index >= 15 is 0 Å². The minimum absolute atomic E-state index is 0.266. The fraction of sp³-hybridized carbons (Fsp3) is 0.538. The van der Waals surface area contributed by atoms with Crippen molar-refractivity contribution in [2.24, 2.45) is 11.8 Å². The Hall–Kier alpha value is -0.540. The molecule has 0 aromatic carbocycles. The predicted octanol–water partition coefficient (Wildman–Crippen LogP) is 4.07. The van der Waals surface area contributed by atoms with Crippen molar-refractivity contribution < 1.29 is 9.52 Å². The lowest BCUT2D eigenvalue weighted by molar-refractivity contribution is 0.0720. The first kappa shape index (κ1) is 11.9. The summed E-state index contributed by atoms with van der Waals surface area (Å²) >= 11 is 3.40. The van der Waals surface area contributed by atoms with Gasteiger partial charge in [0.1, 0.15) is 11.9 Å². The van der Waals surface area contributed by atoms with Crippen molar-refractivity contribution in [1.29, 1.82) is 0 Å². The quantitative estimate of drug-likeness (QED) is 0.831. The number of allylic oxidation sites excluding steroid dienone is 2. The molecule has 3 atom stereocenters. The van der Waals surface area contributed by atoms with Gasteiger partial charge in [-0.1, -0.05) is 18.6 Å². The number of furan rings is 1. The zero-order valence-electron chi connectivity index (χ0n) is 9.61. The number of rotatable bonds is 2. The van der Waals surface area contributed by atoms with E-state index in [1.807, 2.05) is 6.07 Å². The van der Waals surface area contributed by atoms with Crippen LogP contribution in [0.3, 0.4) is 0 Å². The molecule has 0 saturated carbocycles. The van der Waals surface area contributed by atoms with Crippen LogP contribution in [0.5, 0.6) is 0 Å². The molecular weight excluding hydrogens is 268 g/mol. The summed E-state index contributed by atoms with van der Waals surface area (Å²) in [4.78, 5) is 0. The highest BCUT2D eigenvalue weighted by Gasteiger charge is 2.28. The van der Waals surface area contributed by atoms with E-state index in [-0.39, 0.29) is 5.92 Å². The SMILES string of the molecule is CC1=CC(C)CC(C(O)c2occc2Br)C1. The summed E-state index contributed by atoms with van der Waals surface area (Å²) in [7, 11) is 0. The highest BCUT2D eigenvalue weighted by Crippen LogP contribution is 2.38. The van der Waals surface area contributed by atoms with Crippen LogP contribution in [-0.2, 0) is 0 Å². The summed E-state index contributed by atoms with van der Waals surface area (Å²) in [6.07, 6.45) is 5.37. The van der Waals surface area contributed by atoms with Crippen molar-refractivity contribution in [3.05, 3.63) is 34.2 Å². The van der Waals surface area contributed by atoms with Gasteiger partial charge in [-0.25, -0.2) is 0 Å². The molecule has 0 amide bonds. The van der Waals surface area contributed by atoms with Gasteiger partial charge in [0.25, 0.3) is 0 Å². The maximum Gasteiger partial charge on any atom is 0.146 e. The van der Waals surface area contributed by atoms with Gasteiger partial charge in [0.15, 0.2) is 0 Å². The molecular formula is C13H17BrO2. The fourth-order valence-corrected chi connectivity index (χ4v) is 3.00. The molecule has 3 unspecified atom stereocenters. The Bertz CT molecular complexity index is 394. The van der Waals surface area contributed by atoms with Crippen LogP contribution in [0.2, 0.25) is 0 Å². The number of aliphatic hydroxyl groups is 1. The summed E-state index contributed by atoms with van der Waals surface area (Å²) < 4.78 is 6.19. The molecule has 0 aliphatic heterocycles. The highest BCUT2D eigenvalue weighted by molar-refractivity contribution is 9.10. The number of hydrogen-bond acceptors (Lipinski definition) is 2. The van der Waals surface area contributed by atoms with Crippen LogP contribution < -0.4 is 0 Å². The van der Waals surface area contributed by atoms with E-state index in [0.29, 0.717) is 11.7 Å². The monoisotopic (exact) mass is 284 g/mol. The van der Waals surface area contributed by atoms with Crippen molar-refractivity contribution >= 4 is 15.9 Å². The Labute approximate surface area is 104 Å². The van der Waals surface area contributed by atoms with Crippen molar-refractivity contribution in [2.75, 3.05) is 0 Å². The zero-order valence-corrected chi connectivity index (χ0v) is 11.2. The summed E-state index contributed by atoms with van der Waals surface area (Å²) in [5, 5.41) is 10.3. The van der Waals surface area contributed by atoms with E-state index in [1.165, 1.54) is 5.57 Å². The molecule has 88 valence electrons. The lowest BCUT2D eigenvalue weighted by Gasteiger charge is -2.28. The Morgan fingerprint density at radius 1 is 1.56 bits per heavy atom. The van der Waals surface area contributed by atoms with Gasteiger partial charge in [-0.3, -0.25) is 0 Å². The van der Waals surface area contributed by atoms with E-state index in [9.17, 15) is 5.11 Å². The Morgan fingerprint density at radius 3 is 2.88 bits per heavy atom. The smallest absolute Gasteiger partial charge is 0.146 e. The maximum absolute atomic E-state index is 10.3. The van der Waals surface area contributed by atoms with Crippen LogP contribution in [0.4, 0.5) is 0 Å². The van der Waals surface area contributed by atoms with Gasteiger partial charge in [0.05, 0.1) is 10.7 Å². The molecule has 1 aromatic rings. The first-order chi connectivity index (χ1) is 7.58. The van der Waals surface area contributed by atoms with Crippen molar-refractivity contribution in [1.82, 2.24) is 0 Å². The lowest BCUT2D eigenvalue weighted by Crippen LogP contribution is -2.19. The van der Waals surface area contributed by atoms with Crippen molar-refractivity contribution in [2.45, 2.75) is 32.8 Å². The third-order valence-corrected chi connectivity index (χ3v) is 3.84. The third-order valence-electron chi connectivity index (χ3n) is 3.19. The second-order valence-corrected chi connectivity index (χ2v) is 5.62. The van der Waals surface area contributed by atoms with E-state index in [4.69, 9.17) is 4.42 Å². The standard InChI is InChI=1S/C13H17BrO2/c1-8-5-9(2)7-10(6-8)12(15)13-11(14)3-4-16-13/h3-5,8,10,12,15H,6-7H2,1-2H3. The Balaban J connectivity index is 2.15. The molecule has 2 rings (SSSR count). The first-order valence-electron chi connectivity index (χ1n) is 5.66. The summed E-state index contributed by atoms with van der Waals surface area (Å²) in [6.45, 7) is 4.33. The molecule has 3 heteroatoms. The molecule has 0 radical (unpaired) electrons. The van der Waals surface area contributed by atoms with E-state index in [1.54, 1.807) is 6.26 Å². The average molecular weight is 285 g/mol. The van der Waals surface area contributed by atoms with E-state index < -0.39 is 6.10 Å². The van der Waals surface area contributed by atoms with E-state index in [2.05, 4.69) is 35.9 Å². The summed E-state index contributed by atoms with van der Waals surface area (Å²) in [5.74, 6) is 1.47. The third kappa shape index (κ3) is 2.41. The van der Waals surface area contributed by atoms with Crippen LogP contribution >= 0.6 is 15.9 Å². The second-order valence-electron chi connectivity index (χ2n) is 4.77. The Kier molecular flexibility index (Phi) is 3.55. The first-order valence-corrected chi connectivity index (χ1v) is 6.45. The van der Waals surface area contributed by atoms with Gasteiger partial charge in [-0.05, 0) is 53.6 Å². The van der Waals surface area contributed by atoms with Crippen LogP contribution in [-0.4, -0.2) is 5.11 Å². The normalized spacial score (nSPS) is 27.6. The molecule has 1 aliphatic carbocycles. The van der Waals surface area contributed by atoms with Crippen molar-refractivity contribution in [3.8, 4) is 0 Å². The molecule has 0 spiro atoms. The van der Waals surface area contributed by atoms with Crippen LogP contribution in [0.1, 0.15) is 38.6 Å². The van der Waals surface area contributed by atoms with Crippen LogP contribution in [0, 0.1) is 11.8 Å². The Morgan fingerprint density at radius 2 is 2.31 bits per heavy atom. The molecule has 1 heterocycles. The van der Waals surface area contributed by atoms with Crippen LogP contribution in [0.25, 0.3) is 0 Å². The molecule has 0 fully saturated rings.